The lowest BCUT2D eigenvalue weighted by Crippen LogP contribution is -2.08. The molecular weight excluding hydrogens is 106 g/mol. The Morgan fingerprint density at radius 3 is 2.50 bits per heavy atom. The van der Waals surface area contributed by atoms with Crippen molar-refractivity contribution in [3.63, 3.8) is 0 Å². The molecule has 8 heavy (non-hydrogen) atoms. The van der Waals surface area contributed by atoms with E-state index in [1.54, 1.807) is 0 Å². The van der Waals surface area contributed by atoms with E-state index in [1.807, 2.05) is 0 Å². The third-order valence-electron chi connectivity index (χ3n) is 1.38. The van der Waals surface area contributed by atoms with Gasteiger partial charge in [-0.25, -0.2) is 0 Å². The summed E-state index contributed by atoms with van der Waals surface area (Å²) in [4.78, 5) is 2.61. The maximum atomic E-state index is 8.52. The van der Waals surface area contributed by atoms with Crippen molar-refractivity contribution in [1.82, 2.24) is 0 Å². The van der Waals surface area contributed by atoms with Gasteiger partial charge in [-0.3, -0.25) is 0 Å². The molecule has 0 unspecified atom stereocenters. The Balaban J connectivity index is 2.53. The highest BCUT2D eigenvalue weighted by Crippen LogP contribution is 2.38. The molecule has 0 saturated heterocycles. The molecule has 0 radical (unpaired) electrons. The second kappa shape index (κ2) is 1.65. The zero-order valence-electron chi connectivity index (χ0n) is 4.41. The van der Waals surface area contributed by atoms with Crippen LogP contribution in [-0.2, 0) is 0 Å². The minimum absolute atomic E-state index is 0.00292. The first kappa shape index (κ1) is 5.41. The summed E-state index contributed by atoms with van der Waals surface area (Å²) in [5.74, 6) is 0. The van der Waals surface area contributed by atoms with Crippen LogP contribution in [0.15, 0.2) is 5.11 Å². The van der Waals surface area contributed by atoms with Crippen LogP contribution in [-0.4, -0.2) is 17.3 Å². The molecule has 1 saturated carbocycles. The molecule has 1 aliphatic rings. The molecule has 0 atom stereocenters. The van der Waals surface area contributed by atoms with E-state index in [2.05, 4.69) is 10.0 Å². The number of aliphatic hydroxyl groups excluding tert-OH is 1. The lowest BCUT2D eigenvalue weighted by molar-refractivity contribution is 0.256. The molecule has 0 aromatic heterocycles. The lowest BCUT2D eigenvalue weighted by atomic mass is 10.3. The van der Waals surface area contributed by atoms with Crippen molar-refractivity contribution < 1.29 is 5.11 Å². The van der Waals surface area contributed by atoms with E-state index in [9.17, 15) is 0 Å². The fourth-order valence-electron chi connectivity index (χ4n) is 0.529. The zero-order valence-corrected chi connectivity index (χ0v) is 4.41. The first-order chi connectivity index (χ1) is 3.83. The van der Waals surface area contributed by atoms with Crippen molar-refractivity contribution in [2.75, 3.05) is 6.61 Å². The molecule has 4 heteroatoms. The quantitative estimate of drug-likeness (QED) is 0.321. The summed E-state index contributed by atoms with van der Waals surface area (Å²) in [6.07, 6.45) is 1.68. The fraction of sp³-hybridized carbons (Fsp3) is 1.00. The van der Waals surface area contributed by atoms with Crippen LogP contribution in [0.2, 0.25) is 0 Å². The van der Waals surface area contributed by atoms with Gasteiger partial charge in [0.2, 0.25) is 0 Å². The Morgan fingerprint density at radius 2 is 2.38 bits per heavy atom. The van der Waals surface area contributed by atoms with E-state index in [0.29, 0.717) is 0 Å². The van der Waals surface area contributed by atoms with Gasteiger partial charge in [-0.1, -0.05) is 5.11 Å². The van der Waals surface area contributed by atoms with Crippen molar-refractivity contribution in [1.29, 1.82) is 0 Å². The number of aliphatic hydroxyl groups is 1. The Kier molecular flexibility index (Phi) is 1.12. The largest absolute Gasteiger partial charge is 0.396 e. The molecule has 0 heterocycles. The second-order valence-electron chi connectivity index (χ2n) is 2.07. The molecule has 0 aromatic rings. The summed E-state index contributed by atoms with van der Waals surface area (Å²) in [6, 6.07) is 0. The van der Waals surface area contributed by atoms with Crippen LogP contribution < -0.4 is 0 Å². The van der Waals surface area contributed by atoms with Crippen molar-refractivity contribution >= 4 is 0 Å². The van der Waals surface area contributed by atoms with Gasteiger partial charge in [0.1, 0.15) is 0 Å². The van der Waals surface area contributed by atoms with Gasteiger partial charge in [0.25, 0.3) is 0 Å². The van der Waals surface area contributed by atoms with Crippen LogP contribution >= 0.6 is 0 Å². The fourth-order valence-corrected chi connectivity index (χ4v) is 0.529. The van der Waals surface area contributed by atoms with Gasteiger partial charge in [-0.05, 0) is 18.4 Å². The van der Waals surface area contributed by atoms with Gasteiger partial charge in [0.15, 0.2) is 0 Å². The van der Waals surface area contributed by atoms with Gasteiger partial charge in [0, 0.05) is 4.91 Å². The maximum absolute atomic E-state index is 8.52. The highest BCUT2D eigenvalue weighted by atomic mass is 16.3. The van der Waals surface area contributed by atoms with E-state index >= 15 is 0 Å². The Hall–Kier alpha value is -0.730. The topological polar surface area (TPSA) is 69.0 Å². The van der Waals surface area contributed by atoms with Gasteiger partial charge >= 0.3 is 0 Å². The minimum Gasteiger partial charge on any atom is -0.396 e. The highest BCUT2D eigenvalue weighted by Gasteiger charge is 2.41. The Bertz CT molecular complexity index is 134. The first-order valence-electron chi connectivity index (χ1n) is 2.50. The van der Waals surface area contributed by atoms with Crippen molar-refractivity contribution in [3.05, 3.63) is 10.4 Å². The van der Waals surface area contributed by atoms with Gasteiger partial charge in [-0.15, -0.1) is 0 Å². The smallest absolute Gasteiger partial charge is 0.0719 e. The molecule has 0 aliphatic heterocycles. The third kappa shape index (κ3) is 0.757. The number of hydrogen-bond donors (Lipinski definition) is 1. The van der Waals surface area contributed by atoms with Crippen LogP contribution in [0.25, 0.3) is 10.4 Å². The van der Waals surface area contributed by atoms with Crippen LogP contribution in [0, 0.1) is 0 Å². The molecule has 1 N–H and O–H groups in total. The van der Waals surface area contributed by atoms with Crippen LogP contribution in [0.4, 0.5) is 0 Å². The Labute approximate surface area is 46.8 Å². The summed E-state index contributed by atoms with van der Waals surface area (Å²) in [5.41, 5.74) is 7.53. The number of hydrogen-bond acceptors (Lipinski definition) is 2. The monoisotopic (exact) mass is 113 g/mol. The summed E-state index contributed by atoms with van der Waals surface area (Å²) in [6.45, 7) is -0.00292. The summed E-state index contributed by atoms with van der Waals surface area (Å²) >= 11 is 0. The molecule has 1 aliphatic carbocycles. The first-order valence-corrected chi connectivity index (χ1v) is 2.50. The summed E-state index contributed by atoms with van der Waals surface area (Å²) in [7, 11) is 0. The lowest BCUT2D eigenvalue weighted by Gasteiger charge is -1.96. The predicted molar refractivity (Wildman–Crippen MR) is 28.2 cm³/mol. The summed E-state index contributed by atoms with van der Waals surface area (Å²) in [5, 5.41) is 11.9. The predicted octanol–water partition coefficient (Wildman–Crippen LogP) is 0.822. The van der Waals surface area contributed by atoms with Crippen LogP contribution in [0.5, 0.6) is 0 Å². The van der Waals surface area contributed by atoms with Gasteiger partial charge in [-0.2, -0.15) is 0 Å². The van der Waals surface area contributed by atoms with Crippen molar-refractivity contribution in [2.24, 2.45) is 5.11 Å². The van der Waals surface area contributed by atoms with Crippen LogP contribution in [0.1, 0.15) is 12.8 Å². The van der Waals surface area contributed by atoms with E-state index in [1.165, 1.54) is 0 Å². The molecular formula is C4H7N3O. The van der Waals surface area contributed by atoms with Crippen molar-refractivity contribution in [2.45, 2.75) is 18.4 Å². The molecule has 44 valence electrons. The van der Waals surface area contributed by atoms with Crippen molar-refractivity contribution in [3.8, 4) is 0 Å². The molecule has 0 spiro atoms. The van der Waals surface area contributed by atoms with Crippen LogP contribution in [0.3, 0.4) is 0 Å². The SMILES string of the molecule is [N-]=[N+]=NC1(CO)CC1. The zero-order chi connectivity index (χ0) is 6.04. The third-order valence-corrected chi connectivity index (χ3v) is 1.38. The van der Waals surface area contributed by atoms with Gasteiger partial charge < -0.3 is 5.11 Å². The number of rotatable bonds is 2. The number of nitrogens with zero attached hydrogens (tertiary/aromatic N) is 3. The minimum atomic E-state index is -0.394. The normalized spacial score (nSPS) is 21.6. The molecule has 0 bridgehead atoms. The highest BCUT2D eigenvalue weighted by molar-refractivity contribution is 5.01. The van der Waals surface area contributed by atoms with E-state index in [-0.39, 0.29) is 6.61 Å². The van der Waals surface area contributed by atoms with Gasteiger partial charge in [0.05, 0.1) is 12.1 Å². The van der Waals surface area contributed by atoms with E-state index in [4.69, 9.17) is 10.6 Å². The average molecular weight is 113 g/mol. The standard InChI is InChI=1S/C4H7N3O/c5-7-6-4(3-8)1-2-4/h8H,1-3H2. The molecule has 0 aromatic carbocycles. The molecule has 0 amide bonds. The average Bonchev–Trinajstić information content (AvgIpc) is 2.50. The number of azide groups is 1. The molecule has 1 fully saturated rings. The van der Waals surface area contributed by atoms with E-state index in [0.717, 1.165) is 12.8 Å². The molecule has 1 rings (SSSR count). The second-order valence-corrected chi connectivity index (χ2v) is 2.07. The van der Waals surface area contributed by atoms with E-state index < -0.39 is 5.54 Å². The Morgan fingerprint density at radius 1 is 1.75 bits per heavy atom. The molecule has 4 nitrogen and oxygen atoms in total. The summed E-state index contributed by atoms with van der Waals surface area (Å²) < 4.78 is 0. The maximum Gasteiger partial charge on any atom is 0.0719 e.